The van der Waals surface area contributed by atoms with Gasteiger partial charge in [-0.2, -0.15) is 0 Å². The van der Waals surface area contributed by atoms with E-state index in [0.29, 0.717) is 18.2 Å². The predicted molar refractivity (Wildman–Crippen MR) is 130 cm³/mol. The SMILES string of the molecule is CCCC[C@@H]1Sc2ccc([C@H](Cn3ccnc3)OCc3ccc(Cl)cc3)cc2N(C)C1=O. The fourth-order valence-corrected chi connectivity index (χ4v) is 5.26. The van der Waals surface area contributed by atoms with E-state index < -0.39 is 0 Å². The number of amides is 1. The lowest BCUT2D eigenvalue weighted by Gasteiger charge is -2.32. The Morgan fingerprint density at radius 2 is 2.03 bits per heavy atom. The minimum absolute atomic E-state index is 0.00111. The van der Waals surface area contributed by atoms with Crippen LogP contribution in [0, 0.1) is 0 Å². The van der Waals surface area contributed by atoms with Gasteiger partial charge in [0.25, 0.3) is 0 Å². The van der Waals surface area contributed by atoms with Gasteiger partial charge in [-0.1, -0.05) is 49.6 Å². The number of thioether (sulfide) groups is 1. The van der Waals surface area contributed by atoms with Gasteiger partial charge >= 0.3 is 0 Å². The van der Waals surface area contributed by atoms with Crippen molar-refractivity contribution in [2.24, 2.45) is 0 Å². The lowest BCUT2D eigenvalue weighted by atomic mass is 10.1. The van der Waals surface area contributed by atoms with Crippen molar-refractivity contribution in [1.29, 1.82) is 0 Å². The van der Waals surface area contributed by atoms with E-state index in [4.69, 9.17) is 16.3 Å². The van der Waals surface area contributed by atoms with Crippen LogP contribution in [0.1, 0.15) is 43.4 Å². The molecule has 7 heteroatoms. The summed E-state index contributed by atoms with van der Waals surface area (Å²) < 4.78 is 8.36. The first kappa shape index (κ1) is 22.9. The van der Waals surface area contributed by atoms with E-state index in [9.17, 15) is 4.79 Å². The summed E-state index contributed by atoms with van der Waals surface area (Å²) in [5.74, 6) is 0.182. The molecule has 2 atom stereocenters. The second-order valence-electron chi connectivity index (χ2n) is 8.06. The number of benzene rings is 2. The van der Waals surface area contributed by atoms with Crippen molar-refractivity contribution >= 4 is 35.0 Å². The van der Waals surface area contributed by atoms with E-state index in [1.165, 1.54) is 0 Å². The van der Waals surface area contributed by atoms with Crippen LogP contribution in [-0.4, -0.2) is 27.8 Å². The van der Waals surface area contributed by atoms with Crippen LogP contribution in [0.4, 0.5) is 5.69 Å². The molecule has 32 heavy (non-hydrogen) atoms. The average molecular weight is 470 g/mol. The topological polar surface area (TPSA) is 47.4 Å². The van der Waals surface area contributed by atoms with E-state index in [0.717, 1.165) is 41.0 Å². The molecule has 0 fully saturated rings. The van der Waals surface area contributed by atoms with Gasteiger partial charge in [0.1, 0.15) is 6.10 Å². The van der Waals surface area contributed by atoms with Crippen LogP contribution in [0.5, 0.6) is 0 Å². The number of unbranched alkanes of at least 4 members (excludes halogenated alkanes) is 1. The number of anilines is 1. The van der Waals surface area contributed by atoms with Gasteiger partial charge in [-0.25, -0.2) is 4.98 Å². The molecule has 1 aliphatic heterocycles. The van der Waals surface area contributed by atoms with E-state index in [1.807, 2.05) is 47.0 Å². The molecule has 4 rings (SSSR count). The number of imidazole rings is 1. The lowest BCUT2D eigenvalue weighted by Crippen LogP contribution is -2.38. The Kier molecular flexibility index (Phi) is 7.55. The van der Waals surface area contributed by atoms with Crippen molar-refractivity contribution in [1.82, 2.24) is 9.55 Å². The Labute approximate surface area is 198 Å². The largest absolute Gasteiger partial charge is 0.367 e. The van der Waals surface area contributed by atoms with Crippen LogP contribution in [0.2, 0.25) is 5.02 Å². The van der Waals surface area contributed by atoms with E-state index in [2.05, 4.69) is 30.1 Å². The molecule has 1 aromatic heterocycles. The standard InChI is InChI=1S/C25H28ClN3O2S/c1-3-4-5-24-25(30)28(2)21-14-19(8-11-23(21)32-24)22(15-29-13-12-27-17-29)31-16-18-6-9-20(26)10-7-18/h6-14,17,22,24H,3-5,15-16H2,1-2H3/t22-,24-/m0/s1. The molecule has 1 amide bonds. The number of aromatic nitrogens is 2. The summed E-state index contributed by atoms with van der Waals surface area (Å²) in [7, 11) is 1.88. The molecule has 0 unspecified atom stereocenters. The minimum atomic E-state index is -0.184. The Morgan fingerprint density at radius 3 is 2.75 bits per heavy atom. The molecule has 2 aromatic carbocycles. The van der Waals surface area contributed by atoms with Gasteiger partial charge in [0, 0.05) is 29.4 Å². The number of carbonyl (C=O) groups is 1. The zero-order valence-electron chi connectivity index (χ0n) is 18.4. The van der Waals surface area contributed by atoms with Gasteiger partial charge < -0.3 is 14.2 Å². The molecule has 5 nitrogen and oxygen atoms in total. The molecule has 3 aromatic rings. The minimum Gasteiger partial charge on any atom is -0.367 e. The Bertz CT molecular complexity index is 1040. The first-order chi connectivity index (χ1) is 15.5. The van der Waals surface area contributed by atoms with Crippen LogP contribution in [0.15, 0.2) is 66.1 Å². The highest BCUT2D eigenvalue weighted by Gasteiger charge is 2.31. The van der Waals surface area contributed by atoms with Crippen LogP contribution < -0.4 is 4.90 Å². The molecule has 0 radical (unpaired) electrons. The highest BCUT2D eigenvalue weighted by atomic mass is 35.5. The van der Waals surface area contributed by atoms with Crippen molar-refractivity contribution in [3.63, 3.8) is 0 Å². The monoisotopic (exact) mass is 469 g/mol. The fraction of sp³-hybridized carbons (Fsp3) is 0.360. The zero-order chi connectivity index (χ0) is 22.5. The summed E-state index contributed by atoms with van der Waals surface area (Å²) in [5.41, 5.74) is 3.05. The average Bonchev–Trinajstić information content (AvgIpc) is 3.32. The van der Waals surface area contributed by atoms with Crippen LogP contribution in [-0.2, 0) is 22.7 Å². The maximum Gasteiger partial charge on any atom is 0.240 e. The van der Waals surface area contributed by atoms with Crippen molar-refractivity contribution in [3.05, 3.63) is 77.3 Å². The third-order valence-corrected chi connectivity index (χ3v) is 7.28. The number of rotatable bonds is 9. The van der Waals surface area contributed by atoms with Crippen LogP contribution >= 0.6 is 23.4 Å². The maximum absolute atomic E-state index is 12.9. The van der Waals surface area contributed by atoms with Crippen LogP contribution in [0.25, 0.3) is 0 Å². The summed E-state index contributed by atoms with van der Waals surface area (Å²) in [6, 6.07) is 14.0. The Morgan fingerprint density at radius 1 is 1.22 bits per heavy atom. The summed E-state index contributed by atoms with van der Waals surface area (Å²) in [4.78, 5) is 20.0. The Hall–Kier alpha value is -2.28. The first-order valence-electron chi connectivity index (χ1n) is 10.9. The first-order valence-corrected chi connectivity index (χ1v) is 12.2. The Balaban J connectivity index is 1.57. The van der Waals surface area contributed by atoms with E-state index >= 15 is 0 Å². The molecule has 1 aliphatic rings. The van der Waals surface area contributed by atoms with Gasteiger partial charge in [-0.3, -0.25) is 4.79 Å². The molecule has 0 aliphatic carbocycles. The van der Waals surface area contributed by atoms with E-state index in [-0.39, 0.29) is 17.3 Å². The molecule has 0 bridgehead atoms. The zero-order valence-corrected chi connectivity index (χ0v) is 20.0. The summed E-state index contributed by atoms with van der Waals surface area (Å²) >= 11 is 7.70. The second kappa shape index (κ2) is 10.6. The smallest absolute Gasteiger partial charge is 0.240 e. The van der Waals surface area contributed by atoms with Gasteiger partial charge in [0.2, 0.25) is 5.91 Å². The molecular weight excluding hydrogens is 442 g/mol. The molecule has 0 saturated heterocycles. The van der Waals surface area contributed by atoms with Gasteiger partial charge in [0.15, 0.2) is 0 Å². The molecule has 168 valence electrons. The third-order valence-electron chi connectivity index (χ3n) is 5.71. The number of nitrogens with zero attached hydrogens (tertiary/aromatic N) is 3. The molecular formula is C25H28ClN3O2S. The fourth-order valence-electron chi connectivity index (χ4n) is 3.82. The second-order valence-corrected chi connectivity index (χ2v) is 9.74. The lowest BCUT2D eigenvalue weighted by molar-refractivity contribution is -0.118. The third kappa shape index (κ3) is 5.37. The molecule has 2 heterocycles. The quantitative estimate of drug-likeness (QED) is 0.378. The molecule has 0 N–H and O–H groups in total. The summed E-state index contributed by atoms with van der Waals surface area (Å²) in [6.45, 7) is 3.26. The van der Waals surface area contributed by atoms with Gasteiger partial charge in [0.05, 0.1) is 30.4 Å². The van der Waals surface area contributed by atoms with Crippen LogP contribution in [0.3, 0.4) is 0 Å². The van der Waals surface area contributed by atoms with Crippen molar-refractivity contribution < 1.29 is 9.53 Å². The number of hydrogen-bond acceptors (Lipinski definition) is 4. The van der Waals surface area contributed by atoms with Crippen molar-refractivity contribution in [2.45, 2.75) is 55.6 Å². The number of ether oxygens (including phenoxy) is 1. The summed E-state index contributed by atoms with van der Waals surface area (Å²) in [6.07, 6.45) is 8.39. The highest BCUT2D eigenvalue weighted by molar-refractivity contribution is 8.01. The molecule has 0 spiro atoms. The molecule has 0 saturated carbocycles. The highest BCUT2D eigenvalue weighted by Crippen LogP contribution is 2.42. The van der Waals surface area contributed by atoms with Gasteiger partial charge in [-0.05, 0) is 41.8 Å². The maximum atomic E-state index is 12.9. The van der Waals surface area contributed by atoms with E-state index in [1.54, 1.807) is 24.3 Å². The predicted octanol–water partition coefficient (Wildman–Crippen LogP) is 6.12. The van der Waals surface area contributed by atoms with Gasteiger partial charge in [-0.15, -0.1) is 11.8 Å². The number of halogens is 1. The van der Waals surface area contributed by atoms with Crippen molar-refractivity contribution in [3.8, 4) is 0 Å². The van der Waals surface area contributed by atoms with Crippen molar-refractivity contribution in [2.75, 3.05) is 11.9 Å². The number of fused-ring (bicyclic) bond motifs is 1. The normalized spacial score (nSPS) is 16.8. The summed E-state index contributed by atoms with van der Waals surface area (Å²) in [5, 5.41) is 0.710. The number of hydrogen-bond donors (Lipinski definition) is 0. The number of carbonyl (C=O) groups excluding carboxylic acids is 1.